The Morgan fingerprint density at radius 1 is 1.50 bits per heavy atom. The van der Waals surface area contributed by atoms with E-state index in [1.54, 1.807) is 30.0 Å². The molecule has 1 aromatic rings. The van der Waals surface area contributed by atoms with E-state index in [1.165, 1.54) is 7.11 Å². The van der Waals surface area contributed by atoms with E-state index in [4.69, 9.17) is 4.74 Å². The van der Waals surface area contributed by atoms with Crippen molar-refractivity contribution in [1.29, 1.82) is 0 Å². The highest BCUT2D eigenvalue weighted by atomic mass is 32.2. The van der Waals surface area contributed by atoms with E-state index in [1.807, 2.05) is 6.26 Å². The van der Waals surface area contributed by atoms with Crippen molar-refractivity contribution in [2.45, 2.75) is 18.9 Å². The van der Waals surface area contributed by atoms with Gasteiger partial charge >= 0.3 is 0 Å². The molecular formula is C12H17FO2S. The Morgan fingerprint density at radius 3 is 2.88 bits per heavy atom. The third kappa shape index (κ3) is 3.39. The van der Waals surface area contributed by atoms with E-state index in [0.717, 1.165) is 12.2 Å². The van der Waals surface area contributed by atoms with Gasteiger partial charge in [-0.3, -0.25) is 0 Å². The van der Waals surface area contributed by atoms with Crippen LogP contribution >= 0.6 is 11.8 Å². The zero-order chi connectivity index (χ0) is 12.0. The van der Waals surface area contributed by atoms with Gasteiger partial charge in [0.25, 0.3) is 0 Å². The van der Waals surface area contributed by atoms with Crippen molar-refractivity contribution in [3.63, 3.8) is 0 Å². The minimum atomic E-state index is -0.748. The number of methoxy groups -OCH3 is 1. The minimum Gasteiger partial charge on any atom is -0.494 e. The smallest absolute Gasteiger partial charge is 0.170 e. The third-order valence-corrected chi connectivity index (χ3v) is 3.10. The van der Waals surface area contributed by atoms with Crippen molar-refractivity contribution in [1.82, 2.24) is 0 Å². The van der Waals surface area contributed by atoms with E-state index in [9.17, 15) is 9.50 Å². The molecule has 2 nitrogen and oxygen atoms in total. The summed E-state index contributed by atoms with van der Waals surface area (Å²) in [6.45, 7) is 0. The lowest BCUT2D eigenvalue weighted by Crippen LogP contribution is -2.02. The molecule has 0 saturated heterocycles. The van der Waals surface area contributed by atoms with Crippen LogP contribution in [0.25, 0.3) is 0 Å². The second-order valence-electron chi connectivity index (χ2n) is 3.51. The average molecular weight is 244 g/mol. The molecule has 1 N–H and O–H groups in total. The van der Waals surface area contributed by atoms with Gasteiger partial charge in [-0.2, -0.15) is 11.8 Å². The van der Waals surface area contributed by atoms with Crippen molar-refractivity contribution >= 4 is 11.8 Å². The predicted octanol–water partition coefficient (Wildman–Crippen LogP) is 3.01. The third-order valence-electron chi connectivity index (χ3n) is 2.40. The molecule has 0 radical (unpaired) electrons. The van der Waals surface area contributed by atoms with Gasteiger partial charge in [0, 0.05) is 5.56 Å². The van der Waals surface area contributed by atoms with Crippen LogP contribution in [0.15, 0.2) is 18.2 Å². The van der Waals surface area contributed by atoms with Crippen molar-refractivity contribution in [2.24, 2.45) is 0 Å². The summed E-state index contributed by atoms with van der Waals surface area (Å²) in [6.07, 6.45) is 2.71. The van der Waals surface area contributed by atoms with Crippen molar-refractivity contribution in [3.05, 3.63) is 29.6 Å². The molecule has 1 rings (SSSR count). The maximum atomic E-state index is 13.7. The number of hydrogen-bond acceptors (Lipinski definition) is 3. The standard InChI is InChI=1S/C12H17FO2S/c1-15-11-7-3-5-9(12(11)13)10(14)6-4-8-16-2/h3,5,7,10,14H,4,6,8H2,1-2H3. The number of halogens is 1. The summed E-state index contributed by atoms with van der Waals surface area (Å²) in [5, 5.41) is 9.84. The van der Waals surface area contributed by atoms with Crippen LogP contribution in [-0.4, -0.2) is 24.2 Å². The molecule has 16 heavy (non-hydrogen) atoms. The van der Waals surface area contributed by atoms with Crippen LogP contribution in [0.3, 0.4) is 0 Å². The first-order valence-electron chi connectivity index (χ1n) is 5.20. The summed E-state index contributed by atoms with van der Waals surface area (Å²) in [5.41, 5.74) is 0.320. The summed E-state index contributed by atoms with van der Waals surface area (Å²) in [6, 6.07) is 4.84. The van der Waals surface area contributed by atoms with Gasteiger partial charge in [-0.25, -0.2) is 4.39 Å². The molecule has 0 saturated carbocycles. The summed E-state index contributed by atoms with van der Waals surface area (Å²) in [5.74, 6) is 0.700. The summed E-state index contributed by atoms with van der Waals surface area (Å²) in [7, 11) is 1.42. The molecule has 1 aromatic carbocycles. The lowest BCUT2D eigenvalue weighted by atomic mass is 10.0. The van der Waals surface area contributed by atoms with Crippen LogP contribution in [-0.2, 0) is 0 Å². The fraction of sp³-hybridized carbons (Fsp3) is 0.500. The number of benzene rings is 1. The molecule has 4 heteroatoms. The number of ether oxygens (including phenoxy) is 1. The number of hydrogen-bond donors (Lipinski definition) is 1. The van der Waals surface area contributed by atoms with Gasteiger partial charge in [0.15, 0.2) is 11.6 Å². The Labute approximate surface area is 99.8 Å². The number of thioether (sulfide) groups is 1. The maximum absolute atomic E-state index is 13.7. The lowest BCUT2D eigenvalue weighted by molar-refractivity contribution is 0.161. The molecule has 1 unspecified atom stereocenters. The van der Waals surface area contributed by atoms with Crippen LogP contribution in [0, 0.1) is 5.82 Å². The maximum Gasteiger partial charge on any atom is 0.170 e. The Hall–Kier alpha value is -0.740. The zero-order valence-corrected chi connectivity index (χ0v) is 10.4. The number of aliphatic hydroxyl groups excluding tert-OH is 1. The second-order valence-corrected chi connectivity index (χ2v) is 4.50. The fourth-order valence-corrected chi connectivity index (χ4v) is 1.97. The molecule has 0 amide bonds. The number of aliphatic hydroxyl groups is 1. The van der Waals surface area contributed by atoms with E-state index in [-0.39, 0.29) is 5.75 Å². The van der Waals surface area contributed by atoms with Gasteiger partial charge in [0.05, 0.1) is 13.2 Å². The summed E-state index contributed by atoms with van der Waals surface area (Å²) < 4.78 is 18.6. The van der Waals surface area contributed by atoms with E-state index >= 15 is 0 Å². The molecule has 0 aliphatic carbocycles. The first-order valence-corrected chi connectivity index (χ1v) is 6.59. The Kier molecular flexibility index (Phi) is 5.63. The van der Waals surface area contributed by atoms with Crippen molar-refractivity contribution < 1.29 is 14.2 Å². The molecule has 0 aliphatic heterocycles. The molecular weight excluding hydrogens is 227 g/mol. The predicted molar refractivity (Wildman–Crippen MR) is 65.5 cm³/mol. The SMILES string of the molecule is COc1cccc(C(O)CCCSC)c1F. The minimum absolute atomic E-state index is 0.182. The highest BCUT2D eigenvalue weighted by Gasteiger charge is 2.15. The topological polar surface area (TPSA) is 29.5 Å². The lowest BCUT2D eigenvalue weighted by Gasteiger charge is -2.13. The fourth-order valence-electron chi connectivity index (χ4n) is 1.52. The molecule has 90 valence electrons. The molecule has 0 heterocycles. The Bertz CT molecular complexity index is 331. The number of rotatable bonds is 6. The second kappa shape index (κ2) is 6.76. The first kappa shape index (κ1) is 13.3. The monoisotopic (exact) mass is 244 g/mol. The van der Waals surface area contributed by atoms with Crippen molar-refractivity contribution in [3.8, 4) is 5.75 Å². The highest BCUT2D eigenvalue weighted by Crippen LogP contribution is 2.27. The quantitative estimate of drug-likeness (QED) is 0.780. The molecule has 0 fully saturated rings. The van der Waals surface area contributed by atoms with Crippen LogP contribution in [0.5, 0.6) is 5.75 Å². The summed E-state index contributed by atoms with van der Waals surface area (Å²) >= 11 is 1.72. The summed E-state index contributed by atoms with van der Waals surface area (Å²) in [4.78, 5) is 0. The molecule has 0 aromatic heterocycles. The highest BCUT2D eigenvalue weighted by molar-refractivity contribution is 7.98. The van der Waals surface area contributed by atoms with E-state index < -0.39 is 11.9 Å². The van der Waals surface area contributed by atoms with Crippen LogP contribution in [0.1, 0.15) is 24.5 Å². The van der Waals surface area contributed by atoms with E-state index in [0.29, 0.717) is 12.0 Å². The van der Waals surface area contributed by atoms with Gasteiger partial charge in [0.1, 0.15) is 0 Å². The van der Waals surface area contributed by atoms with Crippen LogP contribution < -0.4 is 4.74 Å². The molecule has 0 aliphatic rings. The average Bonchev–Trinajstić information content (AvgIpc) is 2.29. The van der Waals surface area contributed by atoms with Gasteiger partial charge < -0.3 is 9.84 Å². The van der Waals surface area contributed by atoms with Crippen molar-refractivity contribution in [2.75, 3.05) is 19.1 Å². The van der Waals surface area contributed by atoms with Gasteiger partial charge in [0.2, 0.25) is 0 Å². The largest absolute Gasteiger partial charge is 0.494 e. The van der Waals surface area contributed by atoms with Gasteiger partial charge in [-0.05, 0) is 30.9 Å². The van der Waals surface area contributed by atoms with Crippen LogP contribution in [0.2, 0.25) is 0 Å². The molecule has 0 spiro atoms. The van der Waals surface area contributed by atoms with Crippen LogP contribution in [0.4, 0.5) is 4.39 Å². The molecule has 0 bridgehead atoms. The normalized spacial score (nSPS) is 12.5. The molecule has 1 atom stereocenters. The van der Waals surface area contributed by atoms with Gasteiger partial charge in [-0.1, -0.05) is 12.1 Å². The first-order chi connectivity index (χ1) is 7.70. The Balaban J connectivity index is 2.71. The van der Waals surface area contributed by atoms with Gasteiger partial charge in [-0.15, -0.1) is 0 Å². The Morgan fingerprint density at radius 2 is 2.25 bits per heavy atom. The zero-order valence-electron chi connectivity index (χ0n) is 9.57. The van der Waals surface area contributed by atoms with E-state index in [2.05, 4.69) is 0 Å².